The van der Waals surface area contributed by atoms with E-state index in [9.17, 15) is 66.4 Å². The highest BCUT2D eigenvalue weighted by atomic mass is 16.8. The molecule has 23 heteroatoms. The first kappa shape index (κ1) is 57.8. The molecule has 0 aromatic carbocycles. The maximum Gasteiger partial charge on any atom is 0.187 e. The van der Waals surface area contributed by atoms with Gasteiger partial charge in [0.05, 0.1) is 44.2 Å². The van der Waals surface area contributed by atoms with E-state index in [-0.39, 0.29) is 34.9 Å². The lowest BCUT2D eigenvalue weighted by molar-refractivity contribution is -0.388. The Labute approximate surface area is 431 Å². The van der Waals surface area contributed by atoms with Crippen LogP contribution in [0.1, 0.15) is 98.8 Å². The van der Waals surface area contributed by atoms with Crippen molar-refractivity contribution in [3.8, 4) is 0 Å². The molecule has 4 aliphatic carbocycles. The summed E-state index contributed by atoms with van der Waals surface area (Å²) in [6.07, 6.45) is -22.5. The highest BCUT2D eigenvalue weighted by molar-refractivity contribution is 5.15. The second-order valence-electron chi connectivity index (χ2n) is 23.9. The molecule has 0 radical (unpaired) electrons. The molecule has 0 spiro atoms. The third-order valence-electron chi connectivity index (χ3n) is 20.1. The number of hydrogen-bond acceptors (Lipinski definition) is 23. The van der Waals surface area contributed by atoms with Gasteiger partial charge in [-0.15, -0.1) is 0 Å². The summed E-state index contributed by atoms with van der Waals surface area (Å²) >= 11 is 0. The number of rotatable bonds is 15. The van der Waals surface area contributed by atoms with Crippen LogP contribution in [0.4, 0.5) is 0 Å². The summed E-state index contributed by atoms with van der Waals surface area (Å²) in [6, 6.07) is 0. The van der Waals surface area contributed by atoms with Gasteiger partial charge in [-0.3, -0.25) is 0 Å². The average Bonchev–Trinajstić information content (AvgIpc) is 3.85. The third-order valence-corrected chi connectivity index (χ3v) is 20.1. The summed E-state index contributed by atoms with van der Waals surface area (Å²) in [5, 5.41) is 137. The summed E-state index contributed by atoms with van der Waals surface area (Å²) in [7, 11) is 1.69. The van der Waals surface area contributed by atoms with Crippen molar-refractivity contribution in [3.63, 3.8) is 0 Å². The van der Waals surface area contributed by atoms with Crippen molar-refractivity contribution in [2.24, 2.45) is 46.3 Å². The zero-order valence-corrected chi connectivity index (χ0v) is 43.3. The van der Waals surface area contributed by atoms with E-state index in [2.05, 4.69) is 20.8 Å². The van der Waals surface area contributed by atoms with E-state index in [1.807, 2.05) is 6.92 Å². The molecule has 0 amide bonds. The minimum Gasteiger partial charge on any atom is -0.394 e. The van der Waals surface area contributed by atoms with Crippen LogP contribution in [0.15, 0.2) is 0 Å². The van der Waals surface area contributed by atoms with Gasteiger partial charge in [0, 0.05) is 19.4 Å². The summed E-state index contributed by atoms with van der Waals surface area (Å²) in [5.74, 6) is 1.32. The van der Waals surface area contributed by atoms with Gasteiger partial charge in [-0.25, -0.2) is 0 Å². The van der Waals surface area contributed by atoms with E-state index >= 15 is 0 Å². The van der Waals surface area contributed by atoms with Crippen molar-refractivity contribution in [1.82, 2.24) is 0 Å². The Morgan fingerprint density at radius 1 is 0.554 bits per heavy atom. The van der Waals surface area contributed by atoms with Crippen LogP contribution < -0.4 is 0 Å². The topological polar surface area (TPSA) is 355 Å². The molecule has 13 N–H and O–H groups in total. The highest BCUT2D eigenvalue weighted by Crippen LogP contribution is 2.71. The van der Waals surface area contributed by atoms with Crippen LogP contribution >= 0.6 is 0 Å². The summed E-state index contributed by atoms with van der Waals surface area (Å²) in [4.78, 5) is 0. The molecule has 5 aliphatic heterocycles. The number of methoxy groups -OCH3 is 1. The van der Waals surface area contributed by atoms with Crippen LogP contribution in [-0.2, 0) is 47.4 Å². The first-order valence-corrected chi connectivity index (χ1v) is 27.2. The molecule has 9 fully saturated rings. The van der Waals surface area contributed by atoms with E-state index in [4.69, 9.17) is 47.4 Å². The lowest BCUT2D eigenvalue weighted by Crippen LogP contribution is -2.66. The fourth-order valence-corrected chi connectivity index (χ4v) is 15.8. The molecule has 0 aromatic rings. The zero-order valence-electron chi connectivity index (χ0n) is 43.3. The Bertz CT molecular complexity index is 1850. The molecular formula is C51H86O23. The van der Waals surface area contributed by atoms with E-state index in [0.717, 1.165) is 44.9 Å². The first-order valence-electron chi connectivity index (χ1n) is 27.2. The Balaban J connectivity index is 0.796. The van der Waals surface area contributed by atoms with E-state index in [1.54, 1.807) is 7.11 Å². The fourth-order valence-electron chi connectivity index (χ4n) is 15.8. The Hall–Kier alpha value is -0.920. The van der Waals surface area contributed by atoms with E-state index in [0.29, 0.717) is 42.9 Å². The smallest absolute Gasteiger partial charge is 0.187 e. The number of ether oxygens (including phenoxy) is 10. The van der Waals surface area contributed by atoms with Gasteiger partial charge in [0.1, 0.15) is 91.6 Å². The molecule has 0 aromatic heterocycles. The maximum absolute atomic E-state index is 11.6. The van der Waals surface area contributed by atoms with Gasteiger partial charge in [-0.05, 0) is 112 Å². The third kappa shape index (κ3) is 10.1. The van der Waals surface area contributed by atoms with Gasteiger partial charge in [0.2, 0.25) is 0 Å². The predicted octanol–water partition coefficient (Wildman–Crippen LogP) is -2.52. The Morgan fingerprint density at radius 2 is 1.12 bits per heavy atom. The molecule has 23 nitrogen and oxygen atoms in total. The summed E-state index contributed by atoms with van der Waals surface area (Å²) in [5.41, 5.74) is 0.0809. The predicted molar refractivity (Wildman–Crippen MR) is 250 cm³/mol. The van der Waals surface area contributed by atoms with Crippen LogP contribution in [0.2, 0.25) is 0 Å². The van der Waals surface area contributed by atoms with Gasteiger partial charge < -0.3 is 114 Å². The van der Waals surface area contributed by atoms with Gasteiger partial charge in [-0.1, -0.05) is 20.8 Å². The molecule has 0 unspecified atom stereocenters. The maximum atomic E-state index is 11.6. The van der Waals surface area contributed by atoms with Crippen molar-refractivity contribution in [2.75, 3.05) is 26.9 Å². The Kier molecular flexibility index (Phi) is 17.6. The van der Waals surface area contributed by atoms with Crippen molar-refractivity contribution in [1.29, 1.82) is 0 Å². The van der Waals surface area contributed by atoms with Gasteiger partial charge >= 0.3 is 0 Å². The molecule has 9 rings (SSSR count). The van der Waals surface area contributed by atoms with Crippen molar-refractivity contribution in [2.45, 2.75) is 246 Å². The standard InChI is InChI=1S/C51H86O23/c1-20(66-45-40(62)36(58)34(56)29(17-52)69-45)9-14-51(65-6)21(2)32-28(74-51)16-27-25-8-7-23-15-24(10-12-49(23,4)26(25)11-13-50(27,32)5)68-46-42(64)39(61)43(31(19-54)71-46)72-48-44(38(60)33(55)22(3)67-48)73-47-41(63)37(59)35(57)30(18-53)70-47/h20-48,52-64H,7-19H2,1-6H3/t20-,21+,22+,23-,24+,25-,26+,27+,28+,29-,30-,31-,32+,33+,34-,35-,36+,37+,38-,39-,40-,41-,42-,43-,44-,45-,46-,47+,48+,49+,50+,51-/m1/s1. The summed E-state index contributed by atoms with van der Waals surface area (Å²) < 4.78 is 60.7. The second kappa shape index (κ2) is 22.6. The molecule has 74 heavy (non-hydrogen) atoms. The van der Waals surface area contributed by atoms with Crippen molar-refractivity contribution in [3.05, 3.63) is 0 Å². The van der Waals surface area contributed by atoms with E-state index in [1.165, 1.54) is 6.92 Å². The van der Waals surface area contributed by atoms with Crippen LogP contribution in [0.25, 0.3) is 0 Å². The van der Waals surface area contributed by atoms with Crippen LogP contribution in [-0.4, -0.2) is 240 Å². The first-order chi connectivity index (χ1) is 35.1. The molecule has 5 saturated heterocycles. The number of aliphatic hydroxyl groups excluding tert-OH is 13. The number of aliphatic hydroxyl groups is 13. The average molecular weight is 1070 g/mol. The minimum absolute atomic E-state index is 0.0181. The largest absolute Gasteiger partial charge is 0.394 e. The molecule has 4 saturated carbocycles. The lowest BCUT2D eigenvalue weighted by Gasteiger charge is -2.61. The number of hydrogen-bond donors (Lipinski definition) is 13. The summed E-state index contributed by atoms with van der Waals surface area (Å²) in [6.45, 7) is 8.45. The second-order valence-corrected chi connectivity index (χ2v) is 23.9. The Morgan fingerprint density at radius 3 is 1.77 bits per heavy atom. The van der Waals surface area contributed by atoms with Gasteiger partial charge in [0.25, 0.3) is 0 Å². The van der Waals surface area contributed by atoms with Crippen LogP contribution in [0.5, 0.6) is 0 Å². The molecule has 5 heterocycles. The number of fused-ring (bicyclic) bond motifs is 7. The van der Waals surface area contributed by atoms with Crippen molar-refractivity contribution >= 4 is 0 Å². The van der Waals surface area contributed by atoms with Crippen LogP contribution in [0, 0.1) is 46.3 Å². The molecule has 0 bridgehead atoms. The molecule has 9 aliphatic rings. The molecular weight excluding hydrogens is 981 g/mol. The lowest BCUT2D eigenvalue weighted by atomic mass is 9.44. The van der Waals surface area contributed by atoms with Gasteiger partial charge in [-0.2, -0.15) is 0 Å². The normalized spacial score (nSPS) is 56.0. The monoisotopic (exact) mass is 1070 g/mol. The SMILES string of the molecule is CO[C@]1(CC[C@@H](C)O[C@@H]2O[C@H](CO)[C@@H](O)[C@H](O)[C@H]2O)O[C@H]2C[C@H]3[C@@H]4CC[C@@H]5C[C@@H](O[C@@H]6O[C@H](CO)[C@@H](O[C@@H]7O[C@@H](C)[C@H](O)[C@@H](O)[C@H]7O[C@@H]7O[C@H](CO)[C@@H](O)[C@H](O)[C@H]7O)[C@H](O)[C@H]6O)CC[C@]5(C)[C@H]4CC[C@]3(C)[C@H]2[C@@H]1C. The van der Waals surface area contributed by atoms with Crippen molar-refractivity contribution < 1.29 is 114 Å². The van der Waals surface area contributed by atoms with Gasteiger partial charge in [0.15, 0.2) is 30.9 Å². The fraction of sp³-hybridized carbons (Fsp3) is 1.00. The molecule has 428 valence electrons. The highest BCUT2D eigenvalue weighted by Gasteiger charge is 2.69. The van der Waals surface area contributed by atoms with E-state index < -0.39 is 155 Å². The van der Waals surface area contributed by atoms with Crippen LogP contribution in [0.3, 0.4) is 0 Å². The zero-order chi connectivity index (χ0) is 53.5. The minimum atomic E-state index is -1.86. The molecule has 32 atom stereocenters. The quantitative estimate of drug-likeness (QED) is 0.0753.